The van der Waals surface area contributed by atoms with Gasteiger partial charge in [0, 0.05) is 43.1 Å². The van der Waals surface area contributed by atoms with E-state index in [-0.39, 0.29) is 50.6 Å². The van der Waals surface area contributed by atoms with Gasteiger partial charge in [-0.3, -0.25) is 13.9 Å². The van der Waals surface area contributed by atoms with Crippen LogP contribution in [-0.4, -0.2) is 56.8 Å². The molecular weight excluding hydrogens is 590 g/mol. The summed E-state index contributed by atoms with van der Waals surface area (Å²) in [6.07, 6.45) is 2.47. The van der Waals surface area contributed by atoms with Gasteiger partial charge in [-0.2, -0.15) is 0 Å². The van der Waals surface area contributed by atoms with Gasteiger partial charge in [0.2, 0.25) is 28.6 Å². The van der Waals surface area contributed by atoms with E-state index in [1.807, 2.05) is 56.3 Å². The van der Waals surface area contributed by atoms with Crippen LogP contribution in [0.4, 0.5) is 5.69 Å². The molecule has 11 heteroatoms. The number of nitrogens with zero attached hydrogens (tertiary/aromatic N) is 2. The Morgan fingerprint density at radius 3 is 2.35 bits per heavy atom. The number of nitrogens with one attached hydrogen (secondary N) is 1. The van der Waals surface area contributed by atoms with Crippen LogP contribution in [0.5, 0.6) is 11.5 Å². The van der Waals surface area contributed by atoms with Crippen molar-refractivity contribution in [2.75, 3.05) is 23.9 Å². The summed E-state index contributed by atoms with van der Waals surface area (Å²) in [5.41, 5.74) is 2.17. The van der Waals surface area contributed by atoms with Crippen molar-refractivity contribution in [3.63, 3.8) is 0 Å². The number of amides is 2. The van der Waals surface area contributed by atoms with Crippen LogP contribution in [0.25, 0.3) is 0 Å². The van der Waals surface area contributed by atoms with Gasteiger partial charge in [-0.25, -0.2) is 8.42 Å². The molecule has 2 unspecified atom stereocenters. The highest BCUT2D eigenvalue weighted by molar-refractivity contribution is 7.92. The van der Waals surface area contributed by atoms with Crippen molar-refractivity contribution in [1.82, 2.24) is 10.2 Å². The van der Waals surface area contributed by atoms with E-state index in [1.54, 1.807) is 35.2 Å². The highest BCUT2D eigenvalue weighted by Gasteiger charge is 2.31. The molecule has 1 aliphatic heterocycles. The van der Waals surface area contributed by atoms with Crippen molar-refractivity contribution in [1.29, 1.82) is 0 Å². The molecule has 0 fully saturated rings. The van der Waals surface area contributed by atoms with Gasteiger partial charge in [0.1, 0.15) is 6.04 Å². The predicted octanol–water partition coefficient (Wildman–Crippen LogP) is 5.17. The number of hydrogen-bond donors (Lipinski definition) is 1. The van der Waals surface area contributed by atoms with E-state index in [9.17, 15) is 18.0 Å². The van der Waals surface area contributed by atoms with E-state index < -0.39 is 16.1 Å². The second kappa shape index (κ2) is 14.6. The molecule has 0 saturated heterocycles. The Kier molecular flexibility index (Phi) is 10.9. The van der Waals surface area contributed by atoms with Gasteiger partial charge < -0.3 is 19.7 Å². The first-order valence-electron chi connectivity index (χ1n) is 14.3. The number of hydrogen-bond acceptors (Lipinski definition) is 6. The van der Waals surface area contributed by atoms with Crippen molar-refractivity contribution in [3.05, 3.63) is 88.9 Å². The van der Waals surface area contributed by atoms with E-state index in [0.29, 0.717) is 28.6 Å². The summed E-state index contributed by atoms with van der Waals surface area (Å²) in [7, 11) is -3.66. The number of fused-ring (bicyclic) bond motifs is 1. The molecule has 0 saturated carbocycles. The van der Waals surface area contributed by atoms with E-state index in [4.69, 9.17) is 21.1 Å². The lowest BCUT2D eigenvalue weighted by atomic mass is 10.0. The Balaban J connectivity index is 1.58. The first kappa shape index (κ1) is 32.2. The molecule has 2 atom stereocenters. The summed E-state index contributed by atoms with van der Waals surface area (Å²) < 4.78 is 37.5. The monoisotopic (exact) mass is 627 g/mol. The first-order chi connectivity index (χ1) is 20.5. The van der Waals surface area contributed by atoms with E-state index in [2.05, 4.69) is 5.32 Å². The molecule has 0 radical (unpaired) electrons. The number of sulfonamides is 1. The van der Waals surface area contributed by atoms with Crippen LogP contribution in [0.1, 0.15) is 44.2 Å². The Morgan fingerprint density at radius 1 is 0.977 bits per heavy atom. The van der Waals surface area contributed by atoms with Crippen molar-refractivity contribution in [3.8, 4) is 11.5 Å². The van der Waals surface area contributed by atoms with Crippen LogP contribution in [0.15, 0.2) is 72.8 Å². The molecule has 3 aromatic carbocycles. The first-order valence-corrected chi connectivity index (χ1v) is 16.5. The average Bonchev–Trinajstić information content (AvgIpc) is 3.46. The minimum absolute atomic E-state index is 0.0338. The summed E-state index contributed by atoms with van der Waals surface area (Å²) >= 11 is 6.11. The third-order valence-electron chi connectivity index (χ3n) is 7.33. The van der Waals surface area contributed by atoms with Crippen LogP contribution in [0, 0.1) is 0 Å². The third kappa shape index (κ3) is 8.87. The summed E-state index contributed by atoms with van der Waals surface area (Å²) in [6.45, 7) is 4.26. The number of rotatable bonds is 14. The molecular formula is C32H38ClN3O6S. The Labute approximate surface area is 258 Å². The Morgan fingerprint density at radius 2 is 1.67 bits per heavy atom. The van der Waals surface area contributed by atoms with Gasteiger partial charge in [0.05, 0.1) is 11.9 Å². The lowest BCUT2D eigenvalue weighted by molar-refractivity contribution is -0.141. The molecule has 1 aliphatic rings. The number of carbonyl (C=O) groups is 2. The molecule has 43 heavy (non-hydrogen) atoms. The number of carbonyl (C=O) groups excluding carboxylic acids is 2. The highest BCUT2D eigenvalue weighted by Crippen LogP contribution is 2.36. The number of ether oxygens (including phenoxy) is 2. The quantitative estimate of drug-likeness (QED) is 0.264. The molecule has 1 heterocycles. The lowest BCUT2D eigenvalue weighted by Gasteiger charge is -2.32. The minimum atomic E-state index is -3.66. The number of benzene rings is 3. The fourth-order valence-electron chi connectivity index (χ4n) is 4.83. The zero-order valence-electron chi connectivity index (χ0n) is 24.7. The smallest absolute Gasteiger partial charge is 0.243 e. The van der Waals surface area contributed by atoms with Crippen molar-refractivity contribution >= 4 is 39.1 Å². The summed E-state index contributed by atoms with van der Waals surface area (Å²) in [4.78, 5) is 29.2. The summed E-state index contributed by atoms with van der Waals surface area (Å²) in [6, 6.07) is 20.8. The molecule has 1 N–H and O–H groups in total. The van der Waals surface area contributed by atoms with Gasteiger partial charge in [-0.05, 0) is 55.2 Å². The van der Waals surface area contributed by atoms with Gasteiger partial charge in [0.15, 0.2) is 11.5 Å². The maximum Gasteiger partial charge on any atom is 0.243 e. The zero-order valence-corrected chi connectivity index (χ0v) is 26.2. The maximum absolute atomic E-state index is 13.9. The van der Waals surface area contributed by atoms with Gasteiger partial charge in [-0.15, -0.1) is 0 Å². The zero-order chi connectivity index (χ0) is 31.0. The molecule has 0 aliphatic carbocycles. The largest absolute Gasteiger partial charge is 0.454 e. The maximum atomic E-state index is 13.9. The topological polar surface area (TPSA) is 105 Å². The van der Waals surface area contributed by atoms with Gasteiger partial charge in [0.25, 0.3) is 0 Å². The summed E-state index contributed by atoms with van der Waals surface area (Å²) in [5.74, 6) is 0.519. The molecule has 4 rings (SSSR count). The van der Waals surface area contributed by atoms with Crippen LogP contribution in [0.3, 0.4) is 0 Å². The molecule has 9 nitrogen and oxygen atoms in total. The van der Waals surface area contributed by atoms with Gasteiger partial charge >= 0.3 is 0 Å². The molecule has 3 aromatic rings. The Bertz CT molecular complexity index is 1500. The normalized spacial score (nSPS) is 13.7. The van der Waals surface area contributed by atoms with Crippen LogP contribution >= 0.6 is 11.6 Å². The second-order valence-electron chi connectivity index (χ2n) is 10.6. The SMILES string of the molecule is CCC(C)NC(=O)C(Cc1ccccc1)N(Cc1ccc(Cl)cc1)C(=O)CCCN(c1ccc2c(c1)OCO2)S(C)(=O)=O. The van der Waals surface area contributed by atoms with Crippen molar-refractivity contribution in [2.24, 2.45) is 0 Å². The van der Waals surface area contributed by atoms with E-state index in [1.165, 1.54) is 4.31 Å². The van der Waals surface area contributed by atoms with E-state index in [0.717, 1.165) is 23.8 Å². The molecule has 0 bridgehead atoms. The highest BCUT2D eigenvalue weighted by atomic mass is 35.5. The molecule has 0 spiro atoms. The summed E-state index contributed by atoms with van der Waals surface area (Å²) in [5, 5.41) is 3.62. The second-order valence-corrected chi connectivity index (χ2v) is 13.0. The molecule has 2 amide bonds. The predicted molar refractivity (Wildman–Crippen MR) is 168 cm³/mol. The standard InChI is InChI=1S/C32H38ClN3O6S/c1-4-23(2)34-32(38)28(19-24-9-6-5-7-10-24)35(21-25-12-14-26(33)15-13-25)31(37)11-8-18-36(43(3,39)40)27-16-17-29-30(20-27)42-22-41-29/h5-7,9-10,12-17,20,23,28H,4,8,11,18-19,21-22H2,1-3H3,(H,34,38). The van der Waals surface area contributed by atoms with Crippen LogP contribution in [-0.2, 0) is 32.6 Å². The van der Waals surface area contributed by atoms with Crippen LogP contribution in [0.2, 0.25) is 5.02 Å². The number of anilines is 1. The van der Waals surface area contributed by atoms with Gasteiger partial charge in [-0.1, -0.05) is 61.0 Å². The molecule has 230 valence electrons. The van der Waals surface area contributed by atoms with Crippen molar-refractivity contribution in [2.45, 2.75) is 58.2 Å². The molecule has 0 aromatic heterocycles. The third-order valence-corrected chi connectivity index (χ3v) is 8.78. The van der Waals surface area contributed by atoms with Crippen molar-refractivity contribution < 1.29 is 27.5 Å². The minimum Gasteiger partial charge on any atom is -0.454 e. The van der Waals surface area contributed by atoms with E-state index >= 15 is 0 Å². The number of halogens is 1. The fourth-order valence-corrected chi connectivity index (χ4v) is 5.91. The fraction of sp³-hybridized carbons (Fsp3) is 0.375. The average molecular weight is 628 g/mol. The lowest BCUT2D eigenvalue weighted by Crippen LogP contribution is -2.52. The Hall–Kier alpha value is -3.76. The van der Waals surface area contributed by atoms with Crippen LogP contribution < -0.4 is 19.1 Å².